The first-order valence-corrected chi connectivity index (χ1v) is 8.03. The third-order valence-corrected chi connectivity index (χ3v) is 4.18. The number of hydrogen-bond acceptors (Lipinski definition) is 5. The first-order chi connectivity index (χ1) is 10.9. The molecule has 10 heteroatoms. The molecule has 0 atom stereocenters. The summed E-state index contributed by atoms with van der Waals surface area (Å²) >= 11 is 5.66. The number of hydrogen-bond donors (Lipinski definition) is 3. The highest BCUT2D eigenvalue weighted by molar-refractivity contribution is 7.90. The van der Waals surface area contributed by atoms with Crippen LogP contribution >= 0.6 is 11.6 Å². The summed E-state index contributed by atoms with van der Waals surface area (Å²) in [5, 5.41) is 0.359. The Hall–Kier alpha value is -2.65. The number of carbonyl (C=O) groups is 2. The fourth-order valence-corrected chi connectivity index (χ4v) is 2.54. The Morgan fingerprint density at radius 3 is 2.17 bits per heavy atom. The zero-order valence-electron chi connectivity index (χ0n) is 11.5. The van der Waals surface area contributed by atoms with Gasteiger partial charge in [0.25, 0.3) is 15.9 Å². The molecule has 0 aliphatic carbocycles. The highest BCUT2D eigenvalue weighted by Crippen LogP contribution is 2.13. The summed E-state index contributed by atoms with van der Waals surface area (Å²) in [6.45, 7) is 0. The van der Waals surface area contributed by atoms with Crippen LogP contribution in [0.2, 0.25) is 5.02 Å². The van der Waals surface area contributed by atoms with Crippen LogP contribution in [0.4, 0.5) is 4.79 Å². The monoisotopic (exact) mass is 354 g/mol. The van der Waals surface area contributed by atoms with Crippen LogP contribution in [0.3, 0.4) is 0 Å². The number of nitrogens with one attached hydrogen (secondary N) is 3. The lowest BCUT2D eigenvalue weighted by atomic mass is 10.3. The van der Waals surface area contributed by atoms with E-state index in [2.05, 4.69) is 10.4 Å². The predicted octanol–water partition coefficient (Wildman–Crippen LogP) is 1.07. The third-order valence-electron chi connectivity index (χ3n) is 2.58. The van der Waals surface area contributed by atoms with E-state index in [1.807, 2.05) is 5.43 Å². The zero-order valence-corrected chi connectivity index (χ0v) is 13.1. The van der Waals surface area contributed by atoms with E-state index < -0.39 is 22.0 Å². The molecule has 0 bridgehead atoms. The van der Waals surface area contributed by atoms with Crippen LogP contribution in [-0.2, 0) is 10.0 Å². The Balaban J connectivity index is 1.94. The van der Waals surface area contributed by atoms with Gasteiger partial charge in [-0.05, 0) is 36.4 Å². The van der Waals surface area contributed by atoms with Gasteiger partial charge in [-0.25, -0.2) is 23.4 Å². The lowest BCUT2D eigenvalue weighted by molar-refractivity contribution is 0.0936. The summed E-state index contributed by atoms with van der Waals surface area (Å²) in [7, 11) is -4.07. The van der Waals surface area contributed by atoms with Gasteiger partial charge in [-0.15, -0.1) is 0 Å². The lowest BCUT2D eigenvalue weighted by Gasteiger charge is -2.09. The average Bonchev–Trinajstić information content (AvgIpc) is 2.53. The average molecular weight is 355 g/mol. The number of aromatic nitrogens is 1. The van der Waals surface area contributed by atoms with Crippen molar-refractivity contribution in [1.82, 2.24) is 20.6 Å². The van der Waals surface area contributed by atoms with Gasteiger partial charge >= 0.3 is 6.03 Å². The molecule has 0 aliphatic heterocycles. The van der Waals surface area contributed by atoms with Gasteiger partial charge < -0.3 is 0 Å². The third kappa shape index (κ3) is 4.66. The van der Waals surface area contributed by atoms with Crippen molar-refractivity contribution in [3.05, 3.63) is 59.4 Å². The Morgan fingerprint density at radius 1 is 0.957 bits per heavy atom. The Kier molecular flexibility index (Phi) is 5.14. The summed E-state index contributed by atoms with van der Waals surface area (Å²) in [5.74, 6) is -0.619. The normalized spacial score (nSPS) is 10.7. The molecular formula is C13H11ClN4O4S. The van der Waals surface area contributed by atoms with Gasteiger partial charge in [-0.3, -0.25) is 15.2 Å². The first kappa shape index (κ1) is 16.7. The van der Waals surface area contributed by atoms with Crippen molar-refractivity contribution in [1.29, 1.82) is 0 Å². The number of rotatable bonds is 3. The second kappa shape index (κ2) is 7.07. The molecule has 3 amide bonds. The highest BCUT2D eigenvalue weighted by atomic mass is 35.5. The topological polar surface area (TPSA) is 117 Å². The van der Waals surface area contributed by atoms with Crippen molar-refractivity contribution in [3.63, 3.8) is 0 Å². The van der Waals surface area contributed by atoms with Crippen LogP contribution in [-0.4, -0.2) is 25.3 Å². The molecule has 120 valence electrons. The van der Waals surface area contributed by atoms with Crippen molar-refractivity contribution in [2.45, 2.75) is 4.90 Å². The van der Waals surface area contributed by atoms with Crippen molar-refractivity contribution < 1.29 is 18.0 Å². The molecule has 3 N–H and O–H groups in total. The van der Waals surface area contributed by atoms with E-state index in [-0.39, 0.29) is 10.5 Å². The molecule has 0 saturated heterocycles. The molecule has 0 spiro atoms. The number of pyridine rings is 1. The predicted molar refractivity (Wildman–Crippen MR) is 82.0 cm³/mol. The largest absolute Gasteiger partial charge is 0.347 e. The molecule has 0 radical (unpaired) electrons. The maximum atomic E-state index is 11.9. The number of nitrogens with zero attached hydrogens (tertiary/aromatic N) is 1. The van der Waals surface area contributed by atoms with Gasteiger partial charge in [0.1, 0.15) is 0 Å². The minimum Gasteiger partial charge on any atom is -0.267 e. The Labute approximate surface area is 136 Å². The molecule has 0 unspecified atom stereocenters. The van der Waals surface area contributed by atoms with E-state index in [1.54, 1.807) is 4.72 Å². The van der Waals surface area contributed by atoms with E-state index in [0.717, 1.165) is 0 Å². The number of sulfonamides is 1. The van der Waals surface area contributed by atoms with Crippen molar-refractivity contribution in [3.8, 4) is 0 Å². The smallest absolute Gasteiger partial charge is 0.267 e. The summed E-state index contributed by atoms with van der Waals surface area (Å²) in [6, 6.07) is 6.99. The molecule has 0 saturated carbocycles. The number of urea groups is 1. The van der Waals surface area contributed by atoms with E-state index in [4.69, 9.17) is 11.6 Å². The summed E-state index contributed by atoms with van der Waals surface area (Å²) in [4.78, 5) is 26.9. The summed E-state index contributed by atoms with van der Waals surface area (Å²) in [6.07, 6.45) is 2.81. The van der Waals surface area contributed by atoms with Crippen molar-refractivity contribution >= 4 is 33.6 Å². The van der Waals surface area contributed by atoms with Crippen LogP contribution in [0.5, 0.6) is 0 Å². The van der Waals surface area contributed by atoms with Gasteiger partial charge in [0.15, 0.2) is 0 Å². The number of hydrazine groups is 1. The summed E-state index contributed by atoms with van der Waals surface area (Å²) < 4.78 is 25.6. The van der Waals surface area contributed by atoms with Crippen LogP contribution in [0.25, 0.3) is 0 Å². The SMILES string of the molecule is O=C(NNC(=O)c1ccncc1)NS(=O)(=O)c1ccc(Cl)cc1. The van der Waals surface area contributed by atoms with Crippen LogP contribution in [0.1, 0.15) is 10.4 Å². The minimum atomic E-state index is -4.07. The molecule has 1 aromatic carbocycles. The highest BCUT2D eigenvalue weighted by Gasteiger charge is 2.17. The molecule has 23 heavy (non-hydrogen) atoms. The van der Waals surface area contributed by atoms with Gasteiger partial charge in [0, 0.05) is 23.0 Å². The standard InChI is InChI=1S/C13H11ClN4O4S/c14-10-1-3-11(4-2-10)23(21,22)18-13(20)17-16-12(19)9-5-7-15-8-6-9/h1-8H,(H,16,19)(H2,17,18,20). The van der Waals surface area contributed by atoms with E-state index >= 15 is 0 Å². The van der Waals surface area contributed by atoms with Crippen molar-refractivity contribution in [2.24, 2.45) is 0 Å². The number of amides is 3. The fourth-order valence-electron chi connectivity index (χ4n) is 1.51. The van der Waals surface area contributed by atoms with Crippen LogP contribution in [0.15, 0.2) is 53.7 Å². The molecule has 0 fully saturated rings. The van der Waals surface area contributed by atoms with Gasteiger partial charge in [0.2, 0.25) is 0 Å². The quantitative estimate of drug-likeness (QED) is 0.713. The fraction of sp³-hybridized carbons (Fsp3) is 0. The second-order valence-corrected chi connectivity index (χ2v) is 6.32. The molecule has 2 aromatic rings. The zero-order chi connectivity index (χ0) is 16.9. The number of benzene rings is 1. The molecule has 2 rings (SSSR count). The summed E-state index contributed by atoms with van der Waals surface area (Å²) in [5.41, 5.74) is 4.26. The first-order valence-electron chi connectivity index (χ1n) is 6.17. The molecule has 1 heterocycles. The minimum absolute atomic E-state index is 0.141. The van der Waals surface area contributed by atoms with Gasteiger partial charge in [-0.2, -0.15) is 0 Å². The lowest BCUT2D eigenvalue weighted by Crippen LogP contribution is -2.48. The van der Waals surface area contributed by atoms with Crippen LogP contribution < -0.4 is 15.6 Å². The number of halogens is 1. The van der Waals surface area contributed by atoms with Gasteiger partial charge in [-0.1, -0.05) is 11.6 Å². The molecular weight excluding hydrogens is 344 g/mol. The molecule has 0 aliphatic rings. The molecule has 1 aromatic heterocycles. The molecule has 8 nitrogen and oxygen atoms in total. The van der Waals surface area contributed by atoms with E-state index in [9.17, 15) is 18.0 Å². The van der Waals surface area contributed by atoms with Crippen molar-refractivity contribution in [2.75, 3.05) is 0 Å². The maximum absolute atomic E-state index is 11.9. The number of carbonyl (C=O) groups excluding carboxylic acids is 2. The maximum Gasteiger partial charge on any atom is 0.347 e. The Bertz CT molecular complexity index is 810. The van der Waals surface area contributed by atoms with Crippen LogP contribution in [0, 0.1) is 0 Å². The Morgan fingerprint density at radius 2 is 1.57 bits per heavy atom. The van der Waals surface area contributed by atoms with E-state index in [1.165, 1.54) is 48.8 Å². The van der Waals surface area contributed by atoms with Gasteiger partial charge in [0.05, 0.1) is 4.90 Å². The van der Waals surface area contributed by atoms with E-state index in [0.29, 0.717) is 5.02 Å². The second-order valence-electron chi connectivity index (χ2n) is 4.20.